The van der Waals surface area contributed by atoms with Gasteiger partial charge in [-0.05, 0) is 24.3 Å². The maximum atomic E-state index is 11.3. The number of hydrogen-bond donors (Lipinski definition) is 6. The maximum Gasteiger partial charge on any atom is 0.335 e. The molecule has 1 saturated heterocycles. The summed E-state index contributed by atoms with van der Waals surface area (Å²) >= 11 is 0. The van der Waals surface area contributed by atoms with Crippen molar-refractivity contribution < 1.29 is 34.8 Å². The van der Waals surface area contributed by atoms with Crippen LogP contribution in [0.1, 0.15) is 17.3 Å². The average molecular weight is 340 g/mol. The number of carboxylic acids is 1. The van der Waals surface area contributed by atoms with E-state index in [1.807, 2.05) is 0 Å². The van der Waals surface area contributed by atoms with E-state index in [2.05, 4.69) is 10.6 Å². The molecule has 9 heteroatoms. The minimum absolute atomic E-state index is 0.104. The Kier molecular flexibility index (Phi) is 5.73. The summed E-state index contributed by atoms with van der Waals surface area (Å²) in [4.78, 5) is 22.2. The van der Waals surface area contributed by atoms with Gasteiger partial charge in [-0.15, -0.1) is 0 Å². The smallest absolute Gasteiger partial charge is 0.335 e. The zero-order valence-corrected chi connectivity index (χ0v) is 12.9. The molecule has 132 valence electrons. The van der Waals surface area contributed by atoms with Gasteiger partial charge in [-0.2, -0.15) is 0 Å². The molecule has 1 aromatic rings. The second-order valence-corrected chi connectivity index (χ2v) is 5.51. The zero-order valence-electron chi connectivity index (χ0n) is 12.9. The van der Waals surface area contributed by atoms with E-state index in [-0.39, 0.29) is 5.56 Å². The van der Waals surface area contributed by atoms with Crippen LogP contribution < -0.4 is 10.6 Å². The Hall–Kier alpha value is -2.20. The molecule has 2 rings (SSSR count). The molecule has 0 saturated carbocycles. The molecule has 0 aliphatic carbocycles. The molecule has 0 unspecified atom stereocenters. The average Bonchev–Trinajstić information content (AvgIpc) is 2.54. The Labute approximate surface area is 137 Å². The number of benzene rings is 1. The number of carboxylic acid groups (broad SMARTS) is 1. The summed E-state index contributed by atoms with van der Waals surface area (Å²) in [5.74, 6) is -1.49. The van der Waals surface area contributed by atoms with Crippen molar-refractivity contribution in [3.63, 3.8) is 0 Å². The number of ether oxygens (including phenoxy) is 1. The highest BCUT2D eigenvalue weighted by Gasteiger charge is 2.44. The summed E-state index contributed by atoms with van der Waals surface area (Å²) in [6, 6.07) is 4.82. The van der Waals surface area contributed by atoms with E-state index in [0.717, 1.165) is 0 Å². The molecular formula is C15H20N2O7. The molecule has 0 spiro atoms. The van der Waals surface area contributed by atoms with Crippen LogP contribution in [-0.4, -0.2) is 69.5 Å². The van der Waals surface area contributed by atoms with E-state index in [1.165, 1.54) is 31.2 Å². The summed E-state index contributed by atoms with van der Waals surface area (Å²) in [5, 5.41) is 43.6. The van der Waals surface area contributed by atoms with Gasteiger partial charge < -0.3 is 35.8 Å². The number of hydrogen-bond acceptors (Lipinski definition) is 7. The molecule has 0 aromatic heterocycles. The van der Waals surface area contributed by atoms with E-state index in [4.69, 9.17) is 9.84 Å². The van der Waals surface area contributed by atoms with Crippen LogP contribution >= 0.6 is 0 Å². The van der Waals surface area contributed by atoms with Gasteiger partial charge in [0.05, 0.1) is 12.2 Å². The highest BCUT2D eigenvalue weighted by Crippen LogP contribution is 2.23. The fraction of sp³-hybridized carbons (Fsp3) is 0.467. The summed E-state index contributed by atoms with van der Waals surface area (Å²) in [5.41, 5.74) is 0.591. The number of aromatic carboxylic acids is 1. The van der Waals surface area contributed by atoms with E-state index in [9.17, 15) is 24.9 Å². The third kappa shape index (κ3) is 4.01. The van der Waals surface area contributed by atoms with Gasteiger partial charge in [-0.25, -0.2) is 4.79 Å². The molecule has 0 bridgehead atoms. The summed E-state index contributed by atoms with van der Waals surface area (Å²) in [6.45, 7) is 0.747. The monoisotopic (exact) mass is 340 g/mol. The minimum atomic E-state index is -1.36. The van der Waals surface area contributed by atoms with Crippen molar-refractivity contribution in [1.82, 2.24) is 5.32 Å². The van der Waals surface area contributed by atoms with E-state index < -0.39 is 49.1 Å². The lowest BCUT2D eigenvalue weighted by Gasteiger charge is -2.43. The largest absolute Gasteiger partial charge is 0.478 e. The van der Waals surface area contributed by atoms with Crippen molar-refractivity contribution in [2.24, 2.45) is 0 Å². The van der Waals surface area contributed by atoms with Gasteiger partial charge in [-0.3, -0.25) is 4.79 Å². The van der Waals surface area contributed by atoms with Crippen LogP contribution in [0.4, 0.5) is 5.69 Å². The molecule has 1 aliphatic heterocycles. The first-order valence-corrected chi connectivity index (χ1v) is 7.33. The molecule has 0 radical (unpaired) electrons. The van der Waals surface area contributed by atoms with Crippen LogP contribution in [0, 0.1) is 0 Å². The summed E-state index contributed by atoms with van der Waals surface area (Å²) in [7, 11) is 0. The first-order chi connectivity index (χ1) is 11.3. The minimum Gasteiger partial charge on any atom is -0.478 e. The van der Waals surface area contributed by atoms with Crippen molar-refractivity contribution in [3.05, 3.63) is 29.8 Å². The molecule has 5 atom stereocenters. The van der Waals surface area contributed by atoms with Gasteiger partial charge >= 0.3 is 5.97 Å². The molecular weight excluding hydrogens is 320 g/mol. The van der Waals surface area contributed by atoms with Gasteiger partial charge in [0.25, 0.3) is 0 Å². The number of rotatable bonds is 5. The third-order valence-corrected chi connectivity index (χ3v) is 3.74. The van der Waals surface area contributed by atoms with Crippen LogP contribution in [0.3, 0.4) is 0 Å². The second-order valence-electron chi connectivity index (χ2n) is 5.51. The predicted octanol–water partition coefficient (Wildman–Crippen LogP) is -1.26. The highest BCUT2D eigenvalue weighted by atomic mass is 16.5. The van der Waals surface area contributed by atoms with Crippen molar-refractivity contribution in [1.29, 1.82) is 0 Å². The lowest BCUT2D eigenvalue weighted by molar-refractivity contribution is -0.188. The Bertz CT molecular complexity index is 592. The van der Waals surface area contributed by atoms with Crippen LogP contribution in [0.25, 0.3) is 0 Å². The summed E-state index contributed by atoms with van der Waals surface area (Å²) in [6.07, 6.45) is -4.67. The van der Waals surface area contributed by atoms with E-state index in [0.29, 0.717) is 5.69 Å². The van der Waals surface area contributed by atoms with Gasteiger partial charge in [0, 0.05) is 12.6 Å². The van der Waals surface area contributed by atoms with Crippen molar-refractivity contribution in [2.75, 3.05) is 11.9 Å². The molecule has 1 heterocycles. The number of carbonyl (C=O) groups is 2. The molecule has 1 amide bonds. The third-order valence-electron chi connectivity index (χ3n) is 3.74. The lowest BCUT2D eigenvalue weighted by atomic mass is 9.95. The lowest BCUT2D eigenvalue weighted by Crippen LogP contribution is -2.65. The molecule has 1 aliphatic rings. The molecule has 1 aromatic carbocycles. The Morgan fingerprint density at radius 2 is 1.79 bits per heavy atom. The van der Waals surface area contributed by atoms with Crippen LogP contribution in [-0.2, 0) is 9.53 Å². The Morgan fingerprint density at radius 3 is 2.29 bits per heavy atom. The molecule has 9 nitrogen and oxygen atoms in total. The highest BCUT2D eigenvalue weighted by molar-refractivity contribution is 5.88. The molecule has 6 N–H and O–H groups in total. The fourth-order valence-electron chi connectivity index (χ4n) is 2.51. The number of aliphatic hydroxyl groups is 3. The standard InChI is InChI=1S/C15H20N2O7/c1-7(19)16-11-13(21)12(20)10(6-18)24-14(11)17-9-4-2-8(3-5-9)15(22)23/h2-5,10-14,17-18,20-21H,6H2,1H3,(H,16,19)(H,22,23)/t10-,11+,12+,13+,14-/m0/s1. The second kappa shape index (κ2) is 7.58. The summed E-state index contributed by atoms with van der Waals surface area (Å²) < 4.78 is 5.51. The van der Waals surface area contributed by atoms with Gasteiger partial charge in [0.15, 0.2) is 6.23 Å². The van der Waals surface area contributed by atoms with E-state index in [1.54, 1.807) is 0 Å². The molecule has 24 heavy (non-hydrogen) atoms. The van der Waals surface area contributed by atoms with Crippen molar-refractivity contribution >= 4 is 17.6 Å². The first kappa shape index (κ1) is 18.1. The van der Waals surface area contributed by atoms with Gasteiger partial charge in [-0.1, -0.05) is 0 Å². The van der Waals surface area contributed by atoms with Gasteiger partial charge in [0.1, 0.15) is 24.4 Å². The quantitative estimate of drug-likeness (QED) is 0.389. The van der Waals surface area contributed by atoms with E-state index >= 15 is 0 Å². The Morgan fingerprint density at radius 1 is 1.17 bits per heavy atom. The fourth-order valence-corrected chi connectivity index (χ4v) is 2.51. The Balaban J connectivity index is 2.19. The number of carbonyl (C=O) groups excluding carboxylic acids is 1. The molecule has 1 fully saturated rings. The van der Waals surface area contributed by atoms with Crippen molar-refractivity contribution in [2.45, 2.75) is 37.5 Å². The number of nitrogens with one attached hydrogen (secondary N) is 2. The van der Waals surface area contributed by atoms with Gasteiger partial charge in [0.2, 0.25) is 5.91 Å². The normalized spacial score (nSPS) is 29.8. The SMILES string of the molecule is CC(=O)N[C@@H]1[C@@H](O)[C@H](O)[C@H](CO)O[C@@H]1Nc1ccc(C(=O)O)cc1. The number of aliphatic hydroxyl groups excluding tert-OH is 3. The van der Waals surface area contributed by atoms with Crippen LogP contribution in [0.2, 0.25) is 0 Å². The topological polar surface area (TPSA) is 148 Å². The van der Waals surface area contributed by atoms with Crippen molar-refractivity contribution in [3.8, 4) is 0 Å². The van der Waals surface area contributed by atoms with Crippen LogP contribution in [0.5, 0.6) is 0 Å². The zero-order chi connectivity index (χ0) is 17.9. The predicted molar refractivity (Wildman–Crippen MR) is 82.4 cm³/mol. The van der Waals surface area contributed by atoms with Crippen LogP contribution in [0.15, 0.2) is 24.3 Å². The number of amides is 1. The number of anilines is 1. The first-order valence-electron chi connectivity index (χ1n) is 7.33. The maximum absolute atomic E-state index is 11.3.